The van der Waals surface area contributed by atoms with Crippen molar-refractivity contribution < 1.29 is 14.3 Å². The lowest BCUT2D eigenvalue weighted by molar-refractivity contribution is -0.119. The van der Waals surface area contributed by atoms with E-state index in [1.165, 1.54) is 13.3 Å². The van der Waals surface area contributed by atoms with Gasteiger partial charge in [0.05, 0.1) is 6.20 Å². The van der Waals surface area contributed by atoms with Crippen LogP contribution in [0.1, 0.15) is 21.5 Å². The number of nitrogens with one attached hydrogen (secondary N) is 2. The Labute approximate surface area is 150 Å². The fraction of sp³-hybridized carbons (Fsp3) is 0.222. The number of nitrogens with zero attached hydrogens (tertiary/aromatic N) is 3. The third-order valence-corrected chi connectivity index (χ3v) is 3.76. The minimum atomic E-state index is -0.299. The van der Waals surface area contributed by atoms with Crippen LogP contribution in [-0.4, -0.2) is 40.1 Å². The molecule has 3 aromatic rings. The molecule has 0 aliphatic heterocycles. The molecule has 0 aliphatic rings. The lowest BCUT2D eigenvalue weighted by atomic mass is 10.1. The highest BCUT2D eigenvalue weighted by atomic mass is 16.5. The van der Waals surface area contributed by atoms with Gasteiger partial charge in [0.15, 0.2) is 5.65 Å². The number of hydrogen-bond donors (Lipinski definition) is 2. The van der Waals surface area contributed by atoms with Crippen LogP contribution in [0.4, 0.5) is 11.4 Å². The fourth-order valence-electron chi connectivity index (χ4n) is 2.53. The highest BCUT2D eigenvalue weighted by Crippen LogP contribution is 2.21. The van der Waals surface area contributed by atoms with E-state index in [4.69, 9.17) is 4.74 Å². The van der Waals surface area contributed by atoms with Gasteiger partial charge < -0.3 is 15.4 Å². The Morgan fingerprint density at radius 3 is 2.73 bits per heavy atom. The standard InChI is InChI=1S/C18H19N5O3/c1-11-7-19-17-14(8-20-23(17)9-11)18(25)21-13-4-5-15(12(2)6-13)22-16(24)10-26-3/h4-9H,10H2,1-3H3,(H,21,25)(H,22,24). The number of aryl methyl sites for hydroxylation is 2. The molecule has 8 nitrogen and oxygen atoms in total. The van der Waals surface area contributed by atoms with Gasteiger partial charge in [-0.05, 0) is 43.2 Å². The van der Waals surface area contributed by atoms with Crippen LogP contribution in [0.5, 0.6) is 0 Å². The van der Waals surface area contributed by atoms with Gasteiger partial charge in [-0.15, -0.1) is 0 Å². The topological polar surface area (TPSA) is 97.6 Å². The lowest BCUT2D eigenvalue weighted by Gasteiger charge is -2.10. The predicted molar refractivity (Wildman–Crippen MR) is 97.4 cm³/mol. The first-order valence-corrected chi connectivity index (χ1v) is 7.98. The Morgan fingerprint density at radius 1 is 1.19 bits per heavy atom. The number of methoxy groups -OCH3 is 1. The van der Waals surface area contributed by atoms with E-state index in [0.29, 0.717) is 22.6 Å². The van der Waals surface area contributed by atoms with Crippen molar-refractivity contribution in [2.45, 2.75) is 13.8 Å². The molecule has 3 rings (SSSR count). The van der Waals surface area contributed by atoms with Gasteiger partial charge >= 0.3 is 0 Å². The van der Waals surface area contributed by atoms with E-state index in [1.807, 2.05) is 13.8 Å². The summed E-state index contributed by atoms with van der Waals surface area (Å²) in [6.45, 7) is 3.74. The van der Waals surface area contributed by atoms with Crippen molar-refractivity contribution in [2.24, 2.45) is 0 Å². The molecule has 0 radical (unpaired) electrons. The summed E-state index contributed by atoms with van der Waals surface area (Å²) in [5.41, 5.74) is 3.94. The number of anilines is 2. The molecule has 2 aromatic heterocycles. The van der Waals surface area contributed by atoms with Crippen molar-refractivity contribution >= 4 is 28.8 Å². The van der Waals surface area contributed by atoms with Crippen molar-refractivity contribution in [3.8, 4) is 0 Å². The molecule has 0 aliphatic carbocycles. The Bertz CT molecular complexity index is 980. The summed E-state index contributed by atoms with van der Waals surface area (Å²) in [6.07, 6.45) is 4.99. The molecule has 26 heavy (non-hydrogen) atoms. The van der Waals surface area contributed by atoms with Crippen molar-refractivity contribution in [3.63, 3.8) is 0 Å². The van der Waals surface area contributed by atoms with Crippen LogP contribution in [0.3, 0.4) is 0 Å². The van der Waals surface area contributed by atoms with Crippen molar-refractivity contribution in [2.75, 3.05) is 24.4 Å². The van der Waals surface area contributed by atoms with Gasteiger partial charge in [0.2, 0.25) is 5.91 Å². The third kappa shape index (κ3) is 3.70. The summed E-state index contributed by atoms with van der Waals surface area (Å²) >= 11 is 0. The molecular weight excluding hydrogens is 334 g/mol. The molecule has 0 bridgehead atoms. The summed E-state index contributed by atoms with van der Waals surface area (Å²) in [5, 5.41) is 9.73. The molecule has 0 fully saturated rings. The molecular formula is C18H19N5O3. The molecule has 0 spiro atoms. The zero-order chi connectivity index (χ0) is 18.7. The molecule has 0 saturated carbocycles. The number of amides is 2. The SMILES string of the molecule is COCC(=O)Nc1ccc(NC(=O)c2cnn3cc(C)cnc23)cc1C. The Hall–Kier alpha value is -3.26. The maximum atomic E-state index is 12.5. The third-order valence-electron chi connectivity index (χ3n) is 3.76. The number of aromatic nitrogens is 3. The van der Waals surface area contributed by atoms with E-state index in [-0.39, 0.29) is 18.4 Å². The van der Waals surface area contributed by atoms with Gasteiger partial charge in [-0.3, -0.25) is 9.59 Å². The summed E-state index contributed by atoms with van der Waals surface area (Å²) in [7, 11) is 1.46. The van der Waals surface area contributed by atoms with E-state index in [1.54, 1.807) is 35.1 Å². The van der Waals surface area contributed by atoms with Crippen LogP contribution < -0.4 is 10.6 Å². The molecule has 0 saturated heterocycles. The molecule has 2 N–H and O–H groups in total. The average molecular weight is 353 g/mol. The average Bonchev–Trinajstić information content (AvgIpc) is 3.00. The summed E-state index contributed by atoms with van der Waals surface area (Å²) in [6, 6.07) is 5.23. The van der Waals surface area contributed by atoms with E-state index >= 15 is 0 Å². The first-order chi connectivity index (χ1) is 12.5. The number of hydrogen-bond acceptors (Lipinski definition) is 5. The van der Waals surface area contributed by atoms with Gasteiger partial charge in [-0.2, -0.15) is 5.10 Å². The fourth-order valence-corrected chi connectivity index (χ4v) is 2.53. The number of carbonyl (C=O) groups is 2. The molecule has 134 valence electrons. The van der Waals surface area contributed by atoms with Crippen LogP contribution in [0, 0.1) is 13.8 Å². The Balaban J connectivity index is 1.76. The minimum Gasteiger partial charge on any atom is -0.375 e. The first kappa shape index (κ1) is 17.6. The lowest BCUT2D eigenvalue weighted by Crippen LogP contribution is -2.18. The molecule has 8 heteroatoms. The Morgan fingerprint density at radius 2 is 2.00 bits per heavy atom. The number of ether oxygens (including phenoxy) is 1. The van der Waals surface area contributed by atoms with E-state index in [0.717, 1.165) is 11.1 Å². The second kappa shape index (κ2) is 7.32. The van der Waals surface area contributed by atoms with Gasteiger partial charge in [0.1, 0.15) is 12.2 Å². The predicted octanol–water partition coefficient (Wildman–Crippen LogP) is 2.18. The number of rotatable bonds is 5. The van der Waals surface area contributed by atoms with Crippen molar-refractivity contribution in [3.05, 3.63) is 53.5 Å². The minimum absolute atomic E-state index is 0.0148. The molecule has 1 aromatic carbocycles. The van der Waals surface area contributed by atoms with E-state index < -0.39 is 0 Å². The van der Waals surface area contributed by atoms with Gasteiger partial charge in [0, 0.05) is 30.9 Å². The highest BCUT2D eigenvalue weighted by Gasteiger charge is 2.15. The number of benzene rings is 1. The van der Waals surface area contributed by atoms with Crippen molar-refractivity contribution in [1.82, 2.24) is 14.6 Å². The van der Waals surface area contributed by atoms with Gasteiger partial charge in [-0.25, -0.2) is 9.50 Å². The normalized spacial score (nSPS) is 10.7. The molecule has 2 heterocycles. The second-order valence-corrected chi connectivity index (χ2v) is 5.92. The molecule has 2 amide bonds. The van der Waals surface area contributed by atoms with Crippen LogP contribution in [0.2, 0.25) is 0 Å². The zero-order valence-corrected chi connectivity index (χ0v) is 14.7. The zero-order valence-electron chi connectivity index (χ0n) is 14.7. The monoisotopic (exact) mass is 353 g/mol. The van der Waals surface area contributed by atoms with Crippen LogP contribution >= 0.6 is 0 Å². The largest absolute Gasteiger partial charge is 0.375 e. The van der Waals surface area contributed by atoms with E-state index in [2.05, 4.69) is 20.7 Å². The first-order valence-electron chi connectivity index (χ1n) is 7.98. The van der Waals surface area contributed by atoms with E-state index in [9.17, 15) is 9.59 Å². The van der Waals surface area contributed by atoms with Gasteiger partial charge in [0.25, 0.3) is 5.91 Å². The summed E-state index contributed by atoms with van der Waals surface area (Å²) in [4.78, 5) is 28.4. The maximum Gasteiger partial charge on any atom is 0.261 e. The second-order valence-electron chi connectivity index (χ2n) is 5.92. The van der Waals surface area contributed by atoms with Crippen LogP contribution in [-0.2, 0) is 9.53 Å². The van der Waals surface area contributed by atoms with Crippen LogP contribution in [0.15, 0.2) is 36.8 Å². The Kier molecular flexibility index (Phi) is 4.94. The quantitative estimate of drug-likeness (QED) is 0.733. The molecule has 0 unspecified atom stereocenters. The summed E-state index contributed by atoms with van der Waals surface area (Å²) < 4.78 is 6.37. The molecule has 0 atom stereocenters. The number of carbonyl (C=O) groups excluding carboxylic acids is 2. The van der Waals surface area contributed by atoms with Crippen LogP contribution in [0.25, 0.3) is 5.65 Å². The summed E-state index contributed by atoms with van der Waals surface area (Å²) in [5.74, 6) is -0.535. The highest BCUT2D eigenvalue weighted by molar-refractivity contribution is 6.08. The van der Waals surface area contributed by atoms with Gasteiger partial charge in [-0.1, -0.05) is 0 Å². The maximum absolute atomic E-state index is 12.5. The smallest absolute Gasteiger partial charge is 0.261 e. The van der Waals surface area contributed by atoms with Crippen molar-refractivity contribution in [1.29, 1.82) is 0 Å². The number of fused-ring (bicyclic) bond motifs is 1.